The summed E-state index contributed by atoms with van der Waals surface area (Å²) in [5, 5.41) is 3.05. The first-order chi connectivity index (χ1) is 15.7. The monoisotopic (exact) mass is 467 g/mol. The zero-order chi connectivity index (χ0) is 24.0. The van der Waals surface area contributed by atoms with E-state index in [1.54, 1.807) is 24.3 Å². The van der Waals surface area contributed by atoms with Crippen molar-refractivity contribution < 1.29 is 17.9 Å². The Labute approximate surface area is 195 Å². The molecule has 1 N–H and O–H groups in total. The van der Waals surface area contributed by atoms with Crippen LogP contribution in [0.15, 0.2) is 83.8 Å². The molecule has 0 radical (unpaired) electrons. The number of ether oxygens (including phenoxy) is 1. The molecule has 0 aliphatic heterocycles. The second-order valence-electron chi connectivity index (χ2n) is 7.87. The predicted octanol–water partition coefficient (Wildman–Crippen LogP) is 3.55. The molecule has 3 rings (SSSR count). The van der Waals surface area contributed by atoms with Crippen molar-refractivity contribution in [2.24, 2.45) is 0 Å². The van der Waals surface area contributed by atoms with Crippen LogP contribution in [0.1, 0.15) is 22.0 Å². The van der Waals surface area contributed by atoms with Gasteiger partial charge in [0.05, 0.1) is 23.7 Å². The van der Waals surface area contributed by atoms with Gasteiger partial charge in [0.2, 0.25) is 0 Å². The maximum absolute atomic E-state index is 13.1. The van der Waals surface area contributed by atoms with Gasteiger partial charge in [-0.15, -0.1) is 0 Å². The van der Waals surface area contributed by atoms with Gasteiger partial charge >= 0.3 is 0 Å². The third kappa shape index (κ3) is 5.71. The lowest BCUT2D eigenvalue weighted by Crippen LogP contribution is -2.35. The first kappa shape index (κ1) is 24.3. The zero-order valence-corrected chi connectivity index (χ0v) is 20.0. The highest BCUT2D eigenvalue weighted by Crippen LogP contribution is 2.30. The lowest BCUT2D eigenvalue weighted by molar-refractivity contribution is 0.0930. The number of amides is 1. The van der Waals surface area contributed by atoms with Crippen LogP contribution in [0.25, 0.3) is 0 Å². The highest BCUT2D eigenvalue weighted by molar-refractivity contribution is 7.92. The normalized spacial score (nSPS) is 12.3. The molecular weight excluding hydrogens is 438 g/mol. The van der Waals surface area contributed by atoms with Gasteiger partial charge in [0.15, 0.2) is 0 Å². The van der Waals surface area contributed by atoms with Crippen molar-refractivity contribution in [2.75, 3.05) is 39.1 Å². The summed E-state index contributed by atoms with van der Waals surface area (Å²) in [6.45, 7) is 0.631. The van der Waals surface area contributed by atoms with E-state index in [0.29, 0.717) is 23.5 Å². The smallest absolute Gasteiger partial charge is 0.264 e. The molecule has 0 aromatic heterocycles. The molecule has 0 aliphatic carbocycles. The van der Waals surface area contributed by atoms with E-state index in [-0.39, 0.29) is 16.8 Å². The first-order valence-corrected chi connectivity index (χ1v) is 11.9. The van der Waals surface area contributed by atoms with Gasteiger partial charge in [-0.3, -0.25) is 9.10 Å². The number of hydrogen-bond acceptors (Lipinski definition) is 5. The van der Waals surface area contributed by atoms with E-state index in [1.807, 2.05) is 49.3 Å². The molecule has 7 nitrogen and oxygen atoms in total. The van der Waals surface area contributed by atoms with Crippen molar-refractivity contribution in [1.82, 2.24) is 10.2 Å². The first-order valence-electron chi connectivity index (χ1n) is 10.5. The molecule has 174 valence electrons. The second-order valence-corrected chi connectivity index (χ2v) is 9.84. The van der Waals surface area contributed by atoms with Gasteiger partial charge in [0.1, 0.15) is 5.75 Å². The van der Waals surface area contributed by atoms with Gasteiger partial charge in [0, 0.05) is 19.2 Å². The van der Waals surface area contributed by atoms with E-state index >= 15 is 0 Å². The molecule has 8 heteroatoms. The topological polar surface area (TPSA) is 78.9 Å². The summed E-state index contributed by atoms with van der Waals surface area (Å²) in [4.78, 5) is 15.0. The fourth-order valence-electron chi connectivity index (χ4n) is 3.48. The number of benzene rings is 3. The maximum atomic E-state index is 13.1. The van der Waals surface area contributed by atoms with Gasteiger partial charge < -0.3 is 15.0 Å². The van der Waals surface area contributed by atoms with Gasteiger partial charge in [-0.25, -0.2) is 8.42 Å². The number of sulfonamides is 1. The minimum atomic E-state index is -3.83. The van der Waals surface area contributed by atoms with E-state index in [1.165, 1.54) is 42.7 Å². The molecule has 0 saturated heterocycles. The number of nitrogens with one attached hydrogen (secondary N) is 1. The Morgan fingerprint density at radius 3 is 2.12 bits per heavy atom. The van der Waals surface area contributed by atoms with Gasteiger partial charge in [-0.1, -0.05) is 42.5 Å². The summed E-state index contributed by atoms with van der Waals surface area (Å²) in [7, 11) is 3.02. The predicted molar refractivity (Wildman–Crippen MR) is 130 cm³/mol. The van der Waals surface area contributed by atoms with E-state index < -0.39 is 10.0 Å². The Kier molecular flexibility index (Phi) is 7.73. The van der Waals surface area contributed by atoms with Crippen molar-refractivity contribution in [3.63, 3.8) is 0 Å². The third-order valence-corrected chi connectivity index (χ3v) is 7.04. The number of anilines is 1. The summed E-state index contributed by atoms with van der Waals surface area (Å²) >= 11 is 0. The van der Waals surface area contributed by atoms with Crippen LogP contribution in [0, 0.1) is 0 Å². The standard InChI is InChI=1S/C25H29N3O4S/c1-27(2)18-22(19-10-6-5-7-11-19)26-25(29)20-14-16-21(17-15-20)33(30,31)28(3)23-12-8-9-13-24(23)32-4/h5-17,22H,18H2,1-4H3,(H,26,29). The van der Waals surface area contributed by atoms with E-state index in [4.69, 9.17) is 4.74 Å². The molecule has 0 aliphatic rings. The molecule has 0 heterocycles. The van der Waals surface area contributed by atoms with E-state index in [2.05, 4.69) is 5.32 Å². The van der Waals surface area contributed by atoms with Crippen LogP contribution >= 0.6 is 0 Å². The minimum absolute atomic E-state index is 0.0837. The molecule has 0 spiro atoms. The van der Waals surface area contributed by atoms with Crippen LogP contribution in [0.2, 0.25) is 0 Å². The summed E-state index contributed by atoms with van der Waals surface area (Å²) in [5.74, 6) is 0.181. The van der Waals surface area contributed by atoms with Crippen LogP contribution in [0.3, 0.4) is 0 Å². The van der Waals surface area contributed by atoms with Crippen molar-refractivity contribution in [1.29, 1.82) is 0 Å². The highest BCUT2D eigenvalue weighted by Gasteiger charge is 2.24. The number of rotatable bonds is 9. The Bertz CT molecular complexity index is 1180. The Morgan fingerprint density at radius 1 is 0.909 bits per heavy atom. The SMILES string of the molecule is COc1ccccc1N(C)S(=O)(=O)c1ccc(C(=O)NC(CN(C)C)c2ccccc2)cc1. The Hall–Kier alpha value is -3.36. The average molecular weight is 468 g/mol. The fourth-order valence-corrected chi connectivity index (χ4v) is 4.69. The molecule has 33 heavy (non-hydrogen) atoms. The number of methoxy groups -OCH3 is 1. The van der Waals surface area contributed by atoms with Crippen LogP contribution < -0.4 is 14.4 Å². The minimum Gasteiger partial charge on any atom is -0.495 e. The third-order valence-electron chi connectivity index (χ3n) is 5.25. The molecule has 1 atom stereocenters. The van der Waals surface area contributed by atoms with E-state index in [0.717, 1.165) is 5.56 Å². The van der Waals surface area contributed by atoms with Crippen LogP contribution in [0.5, 0.6) is 5.75 Å². The maximum Gasteiger partial charge on any atom is 0.264 e. The summed E-state index contributed by atoms with van der Waals surface area (Å²) < 4.78 is 32.7. The molecule has 1 unspecified atom stereocenters. The highest BCUT2D eigenvalue weighted by atomic mass is 32.2. The van der Waals surface area contributed by atoms with Crippen LogP contribution in [-0.2, 0) is 10.0 Å². The Balaban J connectivity index is 1.80. The molecule has 0 bridgehead atoms. The lowest BCUT2D eigenvalue weighted by atomic mass is 10.1. The van der Waals surface area contributed by atoms with Gasteiger partial charge in [0.25, 0.3) is 15.9 Å². The molecule has 0 fully saturated rings. The number of carbonyl (C=O) groups is 1. The zero-order valence-electron chi connectivity index (χ0n) is 19.2. The molecule has 3 aromatic carbocycles. The number of likely N-dealkylation sites (N-methyl/N-ethyl adjacent to an activating group) is 1. The van der Waals surface area contributed by atoms with Gasteiger partial charge in [-0.2, -0.15) is 0 Å². The molecule has 3 aromatic rings. The number of nitrogens with zero attached hydrogens (tertiary/aromatic N) is 2. The summed E-state index contributed by atoms with van der Waals surface area (Å²) in [6.07, 6.45) is 0. The van der Waals surface area contributed by atoms with Crippen molar-refractivity contribution in [3.8, 4) is 5.75 Å². The Morgan fingerprint density at radius 2 is 1.52 bits per heavy atom. The average Bonchev–Trinajstić information content (AvgIpc) is 2.83. The number of para-hydroxylation sites is 2. The van der Waals surface area contributed by atoms with Gasteiger partial charge in [-0.05, 0) is 56.1 Å². The fraction of sp³-hybridized carbons (Fsp3) is 0.240. The quantitative estimate of drug-likeness (QED) is 0.521. The lowest BCUT2D eigenvalue weighted by Gasteiger charge is -2.23. The van der Waals surface area contributed by atoms with Crippen LogP contribution in [0.4, 0.5) is 5.69 Å². The number of carbonyl (C=O) groups excluding carboxylic acids is 1. The molecular formula is C25H29N3O4S. The van der Waals surface area contributed by atoms with E-state index in [9.17, 15) is 13.2 Å². The van der Waals surface area contributed by atoms with Crippen molar-refractivity contribution >= 4 is 21.6 Å². The summed E-state index contributed by atoms with van der Waals surface area (Å²) in [6, 6.07) is 22.4. The number of hydrogen-bond donors (Lipinski definition) is 1. The largest absolute Gasteiger partial charge is 0.495 e. The van der Waals surface area contributed by atoms with Crippen molar-refractivity contribution in [2.45, 2.75) is 10.9 Å². The molecule has 0 saturated carbocycles. The van der Waals surface area contributed by atoms with Crippen molar-refractivity contribution in [3.05, 3.63) is 90.0 Å². The van der Waals surface area contributed by atoms with Crippen LogP contribution in [-0.4, -0.2) is 54.0 Å². The summed E-state index contributed by atoms with van der Waals surface area (Å²) in [5.41, 5.74) is 1.81. The molecule has 1 amide bonds. The second kappa shape index (κ2) is 10.5.